The maximum absolute atomic E-state index is 11.2. The van der Waals surface area contributed by atoms with Gasteiger partial charge in [-0.1, -0.05) is 0 Å². The zero-order chi connectivity index (χ0) is 10.1. The average molecular weight is 188 g/mol. The number of nitrogens with one attached hydrogen (secondary N) is 1. The van der Waals surface area contributed by atoms with E-state index in [2.05, 4.69) is 5.32 Å². The standard InChI is InChI=1S/C7H12N2O4/c1-7(3-10,4-11)9-5(12)2-8-6(9)13/h10-11H,2-4H2,1H3,(H,8,13). The fourth-order valence-corrected chi connectivity index (χ4v) is 1.16. The first-order valence-corrected chi connectivity index (χ1v) is 3.88. The molecule has 0 aromatic heterocycles. The predicted molar refractivity (Wildman–Crippen MR) is 42.8 cm³/mol. The number of urea groups is 1. The summed E-state index contributed by atoms with van der Waals surface area (Å²) in [6.45, 7) is 0.454. The molecule has 0 aromatic carbocycles. The van der Waals surface area contributed by atoms with Crippen LogP contribution in [0.4, 0.5) is 4.79 Å². The lowest BCUT2D eigenvalue weighted by Crippen LogP contribution is -2.55. The number of rotatable bonds is 3. The van der Waals surface area contributed by atoms with Gasteiger partial charge in [0.05, 0.1) is 25.3 Å². The second kappa shape index (κ2) is 3.31. The van der Waals surface area contributed by atoms with E-state index in [9.17, 15) is 9.59 Å². The van der Waals surface area contributed by atoms with Gasteiger partial charge in [-0.05, 0) is 6.92 Å². The molecule has 3 amide bonds. The molecule has 3 N–H and O–H groups in total. The molecule has 0 bridgehead atoms. The highest BCUT2D eigenvalue weighted by atomic mass is 16.3. The van der Waals surface area contributed by atoms with E-state index >= 15 is 0 Å². The van der Waals surface area contributed by atoms with Crippen molar-refractivity contribution in [2.24, 2.45) is 0 Å². The topological polar surface area (TPSA) is 89.9 Å². The SMILES string of the molecule is CC(CO)(CO)N1C(=O)CNC1=O. The zero-order valence-corrected chi connectivity index (χ0v) is 7.28. The Balaban J connectivity index is 2.90. The van der Waals surface area contributed by atoms with Crippen LogP contribution in [-0.2, 0) is 4.79 Å². The van der Waals surface area contributed by atoms with Crippen LogP contribution in [0.5, 0.6) is 0 Å². The summed E-state index contributed by atoms with van der Waals surface area (Å²) in [6, 6.07) is -0.574. The number of imide groups is 1. The van der Waals surface area contributed by atoms with Gasteiger partial charge < -0.3 is 15.5 Å². The summed E-state index contributed by atoms with van der Waals surface area (Å²) >= 11 is 0. The Kier molecular flexibility index (Phi) is 2.53. The van der Waals surface area contributed by atoms with Crippen LogP contribution >= 0.6 is 0 Å². The number of aliphatic hydroxyl groups excluding tert-OH is 2. The second-order valence-electron chi connectivity index (χ2n) is 3.20. The van der Waals surface area contributed by atoms with E-state index < -0.39 is 30.7 Å². The number of hydrogen-bond acceptors (Lipinski definition) is 4. The first-order valence-electron chi connectivity index (χ1n) is 3.88. The van der Waals surface area contributed by atoms with Crippen LogP contribution in [0.1, 0.15) is 6.92 Å². The normalized spacial score (nSPS) is 17.9. The maximum atomic E-state index is 11.2. The molecule has 1 saturated heterocycles. The monoisotopic (exact) mass is 188 g/mol. The Bertz CT molecular complexity index is 221. The molecule has 6 heteroatoms. The lowest BCUT2D eigenvalue weighted by Gasteiger charge is -2.32. The van der Waals surface area contributed by atoms with Crippen LogP contribution in [0, 0.1) is 0 Å². The van der Waals surface area contributed by atoms with Gasteiger partial charge >= 0.3 is 6.03 Å². The molecule has 74 valence electrons. The summed E-state index contributed by atoms with van der Waals surface area (Å²) in [7, 11) is 0. The van der Waals surface area contributed by atoms with Crippen molar-refractivity contribution >= 4 is 11.9 Å². The van der Waals surface area contributed by atoms with Gasteiger partial charge in [0.15, 0.2) is 0 Å². The van der Waals surface area contributed by atoms with Gasteiger partial charge in [-0.3, -0.25) is 9.69 Å². The van der Waals surface area contributed by atoms with E-state index in [0.717, 1.165) is 4.90 Å². The molecule has 0 saturated carbocycles. The van der Waals surface area contributed by atoms with Crippen LogP contribution < -0.4 is 5.32 Å². The highest BCUT2D eigenvalue weighted by molar-refractivity contribution is 6.02. The number of nitrogens with zero attached hydrogens (tertiary/aromatic N) is 1. The third-order valence-corrected chi connectivity index (χ3v) is 2.06. The summed E-state index contributed by atoms with van der Waals surface area (Å²) < 4.78 is 0. The highest BCUT2D eigenvalue weighted by Gasteiger charge is 2.42. The molecule has 1 aliphatic rings. The summed E-state index contributed by atoms with van der Waals surface area (Å²) in [5, 5.41) is 20.2. The van der Waals surface area contributed by atoms with Gasteiger partial charge in [0.1, 0.15) is 0 Å². The number of carbonyl (C=O) groups excluding carboxylic acids is 2. The van der Waals surface area contributed by atoms with Gasteiger partial charge in [0.25, 0.3) is 5.91 Å². The number of carbonyl (C=O) groups is 2. The Morgan fingerprint density at radius 2 is 2.00 bits per heavy atom. The molecule has 0 aromatic rings. The molecule has 1 fully saturated rings. The van der Waals surface area contributed by atoms with Crippen molar-refractivity contribution in [3.8, 4) is 0 Å². The first-order chi connectivity index (χ1) is 6.05. The molecule has 1 aliphatic heterocycles. The molecule has 6 nitrogen and oxygen atoms in total. The van der Waals surface area contributed by atoms with E-state index in [1.165, 1.54) is 6.92 Å². The number of hydrogen-bond donors (Lipinski definition) is 3. The van der Waals surface area contributed by atoms with E-state index in [1.54, 1.807) is 0 Å². The Hall–Kier alpha value is -1.14. The zero-order valence-electron chi connectivity index (χ0n) is 7.28. The second-order valence-corrected chi connectivity index (χ2v) is 3.20. The van der Waals surface area contributed by atoms with Gasteiger partial charge in [0.2, 0.25) is 0 Å². The van der Waals surface area contributed by atoms with E-state index in [1.807, 2.05) is 0 Å². The van der Waals surface area contributed by atoms with Crippen molar-refractivity contribution in [2.75, 3.05) is 19.8 Å². The summed E-state index contributed by atoms with van der Waals surface area (Å²) in [5.74, 6) is -0.435. The van der Waals surface area contributed by atoms with Crippen LogP contribution in [0.15, 0.2) is 0 Å². The fourth-order valence-electron chi connectivity index (χ4n) is 1.16. The molecule has 13 heavy (non-hydrogen) atoms. The number of aliphatic hydroxyl groups is 2. The average Bonchev–Trinajstić information content (AvgIpc) is 2.46. The summed E-state index contributed by atoms with van der Waals surface area (Å²) in [5.41, 5.74) is -1.21. The lowest BCUT2D eigenvalue weighted by atomic mass is 10.0. The Morgan fingerprint density at radius 3 is 2.31 bits per heavy atom. The van der Waals surface area contributed by atoms with Crippen LogP contribution in [0.25, 0.3) is 0 Å². The number of amides is 3. The Morgan fingerprint density at radius 1 is 1.46 bits per heavy atom. The molecule has 0 spiro atoms. The van der Waals surface area contributed by atoms with Crippen LogP contribution in [0.2, 0.25) is 0 Å². The molecule has 0 atom stereocenters. The van der Waals surface area contributed by atoms with E-state index in [4.69, 9.17) is 10.2 Å². The third-order valence-electron chi connectivity index (χ3n) is 2.06. The molecular formula is C7H12N2O4. The summed E-state index contributed by atoms with van der Waals surface area (Å²) in [6.07, 6.45) is 0. The lowest BCUT2D eigenvalue weighted by molar-refractivity contribution is -0.131. The van der Waals surface area contributed by atoms with Crippen molar-refractivity contribution in [3.05, 3.63) is 0 Å². The molecule has 0 unspecified atom stereocenters. The minimum atomic E-state index is -1.21. The molecule has 0 aliphatic carbocycles. The minimum absolute atomic E-state index is 0.0750. The van der Waals surface area contributed by atoms with Crippen molar-refractivity contribution in [3.63, 3.8) is 0 Å². The predicted octanol–water partition coefficient (Wildman–Crippen LogP) is -1.72. The molecule has 1 rings (SSSR count). The fraction of sp³-hybridized carbons (Fsp3) is 0.714. The van der Waals surface area contributed by atoms with Gasteiger partial charge in [-0.2, -0.15) is 0 Å². The summed E-state index contributed by atoms with van der Waals surface area (Å²) in [4.78, 5) is 23.1. The smallest absolute Gasteiger partial charge is 0.325 e. The quantitative estimate of drug-likeness (QED) is 0.460. The van der Waals surface area contributed by atoms with Gasteiger partial charge in [-0.15, -0.1) is 0 Å². The third kappa shape index (κ3) is 1.50. The Labute approximate surface area is 75.1 Å². The van der Waals surface area contributed by atoms with Gasteiger partial charge in [-0.25, -0.2) is 4.79 Å². The molecule has 0 radical (unpaired) electrons. The van der Waals surface area contributed by atoms with Crippen molar-refractivity contribution in [2.45, 2.75) is 12.5 Å². The first kappa shape index (κ1) is 9.94. The molecular weight excluding hydrogens is 176 g/mol. The maximum Gasteiger partial charge on any atom is 0.325 e. The van der Waals surface area contributed by atoms with E-state index in [0.29, 0.717) is 0 Å². The van der Waals surface area contributed by atoms with E-state index in [-0.39, 0.29) is 6.54 Å². The van der Waals surface area contributed by atoms with Crippen molar-refractivity contribution < 1.29 is 19.8 Å². The van der Waals surface area contributed by atoms with Crippen LogP contribution in [-0.4, -0.2) is 52.3 Å². The largest absolute Gasteiger partial charge is 0.394 e. The molecule has 1 heterocycles. The minimum Gasteiger partial charge on any atom is -0.394 e. The van der Waals surface area contributed by atoms with Gasteiger partial charge in [0, 0.05) is 0 Å². The highest BCUT2D eigenvalue weighted by Crippen LogP contribution is 2.16. The van der Waals surface area contributed by atoms with Crippen molar-refractivity contribution in [1.29, 1.82) is 0 Å². The van der Waals surface area contributed by atoms with Crippen molar-refractivity contribution in [1.82, 2.24) is 10.2 Å². The van der Waals surface area contributed by atoms with Crippen LogP contribution in [0.3, 0.4) is 0 Å².